The molecule has 0 saturated carbocycles. The predicted molar refractivity (Wildman–Crippen MR) is 120 cm³/mol. The third kappa shape index (κ3) is 5.39. The van der Waals surface area contributed by atoms with Crippen molar-refractivity contribution in [2.45, 2.75) is 13.5 Å². The number of aromatic nitrogens is 2. The molecule has 0 fully saturated rings. The zero-order valence-electron chi connectivity index (χ0n) is 17.4. The molecule has 2 aromatic carbocycles. The van der Waals surface area contributed by atoms with Crippen molar-refractivity contribution in [3.8, 4) is 5.75 Å². The molecule has 2 aromatic heterocycles. The molecule has 4 rings (SSSR count). The first kappa shape index (κ1) is 22.1. The zero-order chi connectivity index (χ0) is 23.4. The van der Waals surface area contributed by atoms with E-state index in [1.54, 1.807) is 37.3 Å². The van der Waals surface area contributed by atoms with Gasteiger partial charge in [0.05, 0.1) is 22.0 Å². The SMILES string of the molecule is Cc1cc2nc(COC(=O)c3ccc(Cl)c(NC(=O)COc4ccccc4)c3)cc(=O)n2o1. The van der Waals surface area contributed by atoms with Crippen molar-refractivity contribution >= 4 is 34.8 Å². The van der Waals surface area contributed by atoms with Crippen LogP contribution >= 0.6 is 11.6 Å². The minimum absolute atomic E-state index is 0.163. The Kier molecular flexibility index (Phi) is 6.41. The number of halogens is 1. The Labute approximate surface area is 192 Å². The number of hydrogen-bond acceptors (Lipinski definition) is 7. The van der Waals surface area contributed by atoms with E-state index in [0.717, 1.165) is 4.57 Å². The molecule has 1 amide bonds. The molecule has 10 heteroatoms. The Hall–Kier alpha value is -4.11. The number of anilines is 1. The number of carbonyl (C=O) groups excluding carboxylic acids is 2. The van der Waals surface area contributed by atoms with E-state index in [0.29, 0.717) is 17.2 Å². The van der Waals surface area contributed by atoms with E-state index in [2.05, 4.69) is 10.3 Å². The quantitative estimate of drug-likeness (QED) is 0.413. The second-order valence-electron chi connectivity index (χ2n) is 7.01. The van der Waals surface area contributed by atoms with Crippen molar-refractivity contribution in [1.82, 2.24) is 9.56 Å². The number of hydrogen-bond donors (Lipinski definition) is 1. The van der Waals surface area contributed by atoms with Crippen LogP contribution in [-0.2, 0) is 16.1 Å². The van der Waals surface area contributed by atoms with Gasteiger partial charge in [-0.25, -0.2) is 9.78 Å². The number of nitrogens with one attached hydrogen (secondary N) is 1. The normalized spacial score (nSPS) is 10.7. The monoisotopic (exact) mass is 467 g/mol. The molecule has 0 aliphatic heterocycles. The van der Waals surface area contributed by atoms with E-state index < -0.39 is 17.4 Å². The smallest absolute Gasteiger partial charge is 0.338 e. The minimum Gasteiger partial charge on any atom is -0.484 e. The summed E-state index contributed by atoms with van der Waals surface area (Å²) in [7, 11) is 0. The maximum atomic E-state index is 12.5. The van der Waals surface area contributed by atoms with Crippen LogP contribution in [0.15, 0.2) is 70.0 Å². The van der Waals surface area contributed by atoms with Crippen LogP contribution in [-0.4, -0.2) is 28.0 Å². The fraction of sp³-hybridized carbons (Fsp3) is 0.130. The summed E-state index contributed by atoms with van der Waals surface area (Å²) in [6, 6.07) is 16.0. The predicted octanol–water partition coefficient (Wildman–Crippen LogP) is 3.62. The molecule has 0 saturated heterocycles. The molecule has 1 N–H and O–H groups in total. The Morgan fingerprint density at radius 3 is 2.70 bits per heavy atom. The van der Waals surface area contributed by atoms with Crippen molar-refractivity contribution in [3.63, 3.8) is 0 Å². The van der Waals surface area contributed by atoms with Crippen LogP contribution in [0.4, 0.5) is 5.69 Å². The van der Waals surface area contributed by atoms with E-state index in [9.17, 15) is 14.4 Å². The lowest BCUT2D eigenvalue weighted by molar-refractivity contribution is -0.118. The summed E-state index contributed by atoms with van der Waals surface area (Å²) in [6.45, 7) is 1.24. The van der Waals surface area contributed by atoms with Crippen LogP contribution in [0, 0.1) is 6.92 Å². The molecule has 0 bridgehead atoms. The Morgan fingerprint density at radius 2 is 1.91 bits per heavy atom. The van der Waals surface area contributed by atoms with Gasteiger partial charge in [0.15, 0.2) is 12.3 Å². The highest BCUT2D eigenvalue weighted by Crippen LogP contribution is 2.24. The van der Waals surface area contributed by atoms with Crippen molar-refractivity contribution in [2.24, 2.45) is 0 Å². The lowest BCUT2D eigenvalue weighted by Gasteiger charge is -2.10. The number of amides is 1. The summed E-state index contributed by atoms with van der Waals surface area (Å²) in [5.74, 6) is -0.0422. The van der Waals surface area contributed by atoms with Gasteiger partial charge in [-0.2, -0.15) is 0 Å². The lowest BCUT2D eigenvalue weighted by atomic mass is 10.2. The molecule has 0 spiro atoms. The summed E-state index contributed by atoms with van der Waals surface area (Å²) < 4.78 is 16.9. The van der Waals surface area contributed by atoms with Crippen LogP contribution < -0.4 is 15.6 Å². The van der Waals surface area contributed by atoms with Crippen molar-refractivity contribution in [3.05, 3.63) is 93.1 Å². The van der Waals surface area contributed by atoms with Crippen LogP contribution in [0.1, 0.15) is 21.8 Å². The number of benzene rings is 2. The number of rotatable bonds is 7. The van der Waals surface area contributed by atoms with Crippen molar-refractivity contribution < 1.29 is 23.6 Å². The number of esters is 1. The van der Waals surface area contributed by atoms with Crippen LogP contribution in [0.5, 0.6) is 5.75 Å². The van der Waals surface area contributed by atoms with E-state index >= 15 is 0 Å². The topological polar surface area (TPSA) is 112 Å². The molecule has 0 unspecified atom stereocenters. The Balaban J connectivity index is 1.39. The highest BCUT2D eigenvalue weighted by atomic mass is 35.5. The largest absolute Gasteiger partial charge is 0.484 e. The maximum Gasteiger partial charge on any atom is 0.338 e. The summed E-state index contributed by atoms with van der Waals surface area (Å²) >= 11 is 6.15. The molecule has 0 atom stereocenters. The van der Waals surface area contributed by atoms with Gasteiger partial charge in [-0.1, -0.05) is 29.8 Å². The van der Waals surface area contributed by atoms with E-state index in [-0.39, 0.29) is 35.2 Å². The van der Waals surface area contributed by atoms with E-state index in [1.165, 1.54) is 24.3 Å². The van der Waals surface area contributed by atoms with Gasteiger partial charge < -0.3 is 19.3 Å². The number of ether oxygens (including phenoxy) is 2. The van der Waals surface area contributed by atoms with Gasteiger partial charge in [-0.15, -0.1) is 4.57 Å². The fourth-order valence-electron chi connectivity index (χ4n) is 2.97. The third-order valence-corrected chi connectivity index (χ3v) is 4.79. The Morgan fingerprint density at radius 1 is 1.12 bits per heavy atom. The molecule has 0 aliphatic rings. The number of aryl methyl sites for hydroxylation is 1. The average Bonchev–Trinajstić information content (AvgIpc) is 3.19. The maximum absolute atomic E-state index is 12.5. The summed E-state index contributed by atoms with van der Waals surface area (Å²) in [5.41, 5.74) is 0.568. The van der Waals surface area contributed by atoms with Gasteiger partial charge in [-0.05, 0) is 37.3 Å². The molecule has 33 heavy (non-hydrogen) atoms. The lowest BCUT2D eigenvalue weighted by Crippen LogP contribution is -2.20. The van der Waals surface area contributed by atoms with Gasteiger partial charge >= 0.3 is 5.97 Å². The van der Waals surface area contributed by atoms with Gasteiger partial charge in [0, 0.05) is 12.1 Å². The molecular formula is C23H18ClN3O6. The zero-order valence-corrected chi connectivity index (χ0v) is 18.2. The highest BCUT2D eigenvalue weighted by Gasteiger charge is 2.14. The molecule has 4 aromatic rings. The summed E-state index contributed by atoms with van der Waals surface area (Å²) in [4.78, 5) is 41.0. The van der Waals surface area contributed by atoms with Crippen LogP contribution in [0.3, 0.4) is 0 Å². The molecule has 0 aliphatic carbocycles. The molecule has 168 valence electrons. The van der Waals surface area contributed by atoms with Gasteiger partial charge in [0.2, 0.25) is 0 Å². The fourth-order valence-corrected chi connectivity index (χ4v) is 3.14. The number of fused-ring (bicyclic) bond motifs is 1. The first-order valence-electron chi connectivity index (χ1n) is 9.83. The first-order chi connectivity index (χ1) is 15.9. The third-order valence-electron chi connectivity index (χ3n) is 4.46. The molecule has 2 heterocycles. The van der Waals surface area contributed by atoms with Crippen molar-refractivity contribution in [2.75, 3.05) is 11.9 Å². The Bertz CT molecular complexity index is 1380. The minimum atomic E-state index is -0.673. The number of para-hydroxylation sites is 1. The molecule has 9 nitrogen and oxygen atoms in total. The summed E-state index contributed by atoms with van der Waals surface area (Å²) in [5, 5.41) is 2.85. The first-order valence-corrected chi connectivity index (χ1v) is 10.2. The standard InChI is InChI=1S/C23H18ClN3O6/c1-14-9-20-25-16(11-22(29)27(20)33-14)12-32-23(30)15-7-8-18(24)19(10-15)26-21(28)13-31-17-5-3-2-4-6-17/h2-11H,12-13H2,1H3,(H,26,28). The van der Waals surface area contributed by atoms with Gasteiger partial charge in [-0.3, -0.25) is 9.59 Å². The second-order valence-corrected chi connectivity index (χ2v) is 7.41. The second kappa shape index (κ2) is 9.58. The number of carbonyl (C=O) groups is 2. The van der Waals surface area contributed by atoms with Crippen LogP contribution in [0.25, 0.3) is 5.65 Å². The van der Waals surface area contributed by atoms with Crippen LogP contribution in [0.2, 0.25) is 5.02 Å². The number of nitrogens with zero attached hydrogens (tertiary/aromatic N) is 2. The molecular weight excluding hydrogens is 450 g/mol. The van der Waals surface area contributed by atoms with Crippen molar-refractivity contribution in [1.29, 1.82) is 0 Å². The van der Waals surface area contributed by atoms with Gasteiger partial charge in [0.25, 0.3) is 11.5 Å². The van der Waals surface area contributed by atoms with Gasteiger partial charge in [0.1, 0.15) is 18.1 Å². The average molecular weight is 468 g/mol. The summed E-state index contributed by atoms with van der Waals surface area (Å²) in [6.07, 6.45) is 0. The van der Waals surface area contributed by atoms with E-state index in [1.807, 2.05) is 6.07 Å². The molecule has 0 radical (unpaired) electrons. The van der Waals surface area contributed by atoms with E-state index in [4.69, 9.17) is 25.6 Å². The highest BCUT2D eigenvalue weighted by molar-refractivity contribution is 6.33.